The summed E-state index contributed by atoms with van der Waals surface area (Å²) in [6, 6.07) is -0.808. The molecule has 0 aliphatic carbocycles. The average molecular weight is 749 g/mol. The number of rotatable bonds is 7. The largest absolute Gasteiger partial charge is 0.459 e. The lowest BCUT2D eigenvalue weighted by molar-refractivity contribution is -0.318. The maximum Gasteiger partial charge on any atom is 0.311 e. The molecule has 0 saturated carbocycles. The van der Waals surface area contributed by atoms with E-state index in [2.05, 4.69) is 0 Å². The zero-order valence-corrected chi connectivity index (χ0v) is 34.2. The van der Waals surface area contributed by atoms with Crippen LogP contribution in [-0.4, -0.2) is 166 Å². The Hall–Kier alpha value is -1.01. The molecule has 3 fully saturated rings. The quantitative estimate of drug-likeness (QED) is 0.238. The van der Waals surface area contributed by atoms with Gasteiger partial charge in [-0.2, -0.15) is 0 Å². The number of aliphatic hydroxyl groups is 5. The standard InChI is InChI=1S/C38H72N2O12/c1-15-27-38(10,46)31(42)24(6)40(13)19-20(2)17-36(8,45)33(52-35-29(41)26(39(11)12)16-21(3)48-35)22(4)30(23(5)34(44)50-27)51-28-18-37(9,47-14)32(43)25(7)49-28/h20-33,35,41-43,45-46H,15-19H2,1-14H3/t20?,21?,22?,23?,24?,25?,26?,27?,28-,29?,30-,31?,32?,33+,35-,36-,37+,38+/m0/s1. The third-order valence-electron chi connectivity index (χ3n) is 12.2. The van der Waals surface area contributed by atoms with Gasteiger partial charge in [0.2, 0.25) is 0 Å². The van der Waals surface area contributed by atoms with Gasteiger partial charge in [-0.05, 0) is 94.8 Å². The minimum Gasteiger partial charge on any atom is -0.459 e. The summed E-state index contributed by atoms with van der Waals surface area (Å²) < 4.78 is 37.5. The van der Waals surface area contributed by atoms with Crippen LogP contribution in [0.25, 0.3) is 0 Å². The molecule has 5 N–H and O–H groups in total. The highest BCUT2D eigenvalue weighted by molar-refractivity contribution is 5.73. The Bertz CT molecular complexity index is 1140. The summed E-state index contributed by atoms with van der Waals surface area (Å²) >= 11 is 0. The molecule has 11 unspecified atom stereocenters. The summed E-state index contributed by atoms with van der Waals surface area (Å²) in [7, 11) is 7.12. The van der Waals surface area contributed by atoms with Gasteiger partial charge in [0.25, 0.3) is 0 Å². The Morgan fingerprint density at radius 1 is 0.942 bits per heavy atom. The van der Waals surface area contributed by atoms with Crippen LogP contribution in [0.15, 0.2) is 0 Å². The van der Waals surface area contributed by atoms with Gasteiger partial charge >= 0.3 is 5.97 Å². The number of cyclic esters (lactones) is 1. The van der Waals surface area contributed by atoms with Crippen LogP contribution in [0.5, 0.6) is 0 Å². The summed E-state index contributed by atoms with van der Waals surface area (Å²) in [6.45, 7) is 18.0. The fraction of sp³-hybridized carbons (Fsp3) is 0.974. The first-order chi connectivity index (χ1) is 23.9. The fourth-order valence-electron chi connectivity index (χ4n) is 8.74. The number of ether oxygens (including phenoxy) is 6. The summed E-state index contributed by atoms with van der Waals surface area (Å²) in [4.78, 5) is 18.0. The van der Waals surface area contributed by atoms with E-state index in [0.29, 0.717) is 13.0 Å². The molecule has 0 bridgehead atoms. The molecule has 3 rings (SSSR count). The molecular weight excluding hydrogens is 676 g/mol. The number of aliphatic hydroxyl groups excluding tert-OH is 3. The molecule has 52 heavy (non-hydrogen) atoms. The summed E-state index contributed by atoms with van der Waals surface area (Å²) in [5.41, 5.74) is -4.37. The Kier molecular flexibility index (Phi) is 15.6. The second kappa shape index (κ2) is 17.8. The summed E-state index contributed by atoms with van der Waals surface area (Å²) in [5, 5.41) is 58.1. The smallest absolute Gasteiger partial charge is 0.311 e. The van der Waals surface area contributed by atoms with E-state index in [9.17, 15) is 30.3 Å². The van der Waals surface area contributed by atoms with Crippen molar-refractivity contribution in [3.05, 3.63) is 0 Å². The molecule has 0 aromatic carbocycles. The lowest BCUT2D eigenvalue weighted by Gasteiger charge is -2.48. The van der Waals surface area contributed by atoms with Gasteiger partial charge < -0.3 is 63.8 Å². The monoisotopic (exact) mass is 749 g/mol. The molecule has 0 aromatic rings. The van der Waals surface area contributed by atoms with Crippen molar-refractivity contribution < 1.29 is 58.7 Å². The number of carbonyl (C=O) groups is 1. The lowest BCUT2D eigenvalue weighted by atomic mass is 9.77. The van der Waals surface area contributed by atoms with E-state index >= 15 is 0 Å². The lowest BCUT2D eigenvalue weighted by Crippen LogP contribution is -2.60. The van der Waals surface area contributed by atoms with Gasteiger partial charge in [-0.15, -0.1) is 0 Å². The fourth-order valence-corrected chi connectivity index (χ4v) is 8.74. The first kappa shape index (κ1) is 45.4. The van der Waals surface area contributed by atoms with Crippen molar-refractivity contribution in [3.8, 4) is 0 Å². The Balaban J connectivity index is 2.17. The molecule has 0 aromatic heterocycles. The van der Waals surface area contributed by atoms with Crippen LogP contribution in [0, 0.1) is 17.8 Å². The summed E-state index contributed by atoms with van der Waals surface area (Å²) in [6.07, 6.45) is -8.19. The molecule has 3 heterocycles. The van der Waals surface area contributed by atoms with Gasteiger partial charge in [-0.1, -0.05) is 20.8 Å². The second-order valence-electron chi connectivity index (χ2n) is 17.2. The minimum atomic E-state index is -1.80. The molecule has 3 aliphatic rings. The number of likely N-dealkylation sites (N-methyl/N-ethyl adjacent to an activating group) is 2. The van der Waals surface area contributed by atoms with Crippen molar-refractivity contribution in [1.29, 1.82) is 0 Å². The average Bonchev–Trinajstić information content (AvgIpc) is 3.05. The van der Waals surface area contributed by atoms with Crippen LogP contribution < -0.4 is 0 Å². The maximum absolute atomic E-state index is 14.2. The number of methoxy groups -OCH3 is 1. The van der Waals surface area contributed by atoms with Gasteiger partial charge in [-0.25, -0.2) is 0 Å². The second-order valence-corrected chi connectivity index (χ2v) is 17.2. The van der Waals surface area contributed by atoms with Crippen molar-refractivity contribution in [2.75, 3.05) is 34.8 Å². The highest BCUT2D eigenvalue weighted by Crippen LogP contribution is 2.40. The normalized spacial score (nSPS) is 49.6. The molecule has 18 atom stereocenters. The molecule has 0 radical (unpaired) electrons. The highest BCUT2D eigenvalue weighted by Gasteiger charge is 2.52. The number of carbonyl (C=O) groups excluding carboxylic acids is 1. The zero-order chi connectivity index (χ0) is 39.7. The molecule has 14 heteroatoms. The van der Waals surface area contributed by atoms with Crippen LogP contribution in [0.2, 0.25) is 0 Å². The first-order valence-electron chi connectivity index (χ1n) is 19.1. The number of esters is 1. The van der Waals surface area contributed by atoms with E-state index in [1.807, 2.05) is 51.7 Å². The number of hydrogen-bond donors (Lipinski definition) is 5. The van der Waals surface area contributed by atoms with E-state index in [4.69, 9.17) is 28.4 Å². The Labute approximate surface area is 312 Å². The topological polar surface area (TPSA) is 180 Å². The first-order valence-corrected chi connectivity index (χ1v) is 19.1. The predicted molar refractivity (Wildman–Crippen MR) is 194 cm³/mol. The van der Waals surface area contributed by atoms with Gasteiger partial charge in [0.1, 0.15) is 30.0 Å². The third kappa shape index (κ3) is 10.0. The maximum atomic E-state index is 14.2. The van der Waals surface area contributed by atoms with E-state index < -0.39 is 96.0 Å². The molecule has 0 spiro atoms. The number of nitrogens with zero attached hydrogens (tertiary/aromatic N) is 2. The van der Waals surface area contributed by atoms with Crippen molar-refractivity contribution in [2.24, 2.45) is 17.8 Å². The molecule has 306 valence electrons. The number of hydrogen-bond acceptors (Lipinski definition) is 14. The highest BCUT2D eigenvalue weighted by atomic mass is 16.7. The van der Waals surface area contributed by atoms with Crippen LogP contribution in [-0.2, 0) is 33.2 Å². The van der Waals surface area contributed by atoms with Crippen LogP contribution >= 0.6 is 0 Å². The van der Waals surface area contributed by atoms with Gasteiger partial charge in [0, 0.05) is 38.1 Å². The van der Waals surface area contributed by atoms with Crippen molar-refractivity contribution in [1.82, 2.24) is 9.80 Å². The molecular formula is C38H72N2O12. The minimum absolute atomic E-state index is 0.133. The predicted octanol–water partition coefficient (Wildman–Crippen LogP) is 1.90. The molecule has 3 saturated heterocycles. The van der Waals surface area contributed by atoms with Gasteiger partial charge in [-0.3, -0.25) is 4.79 Å². The van der Waals surface area contributed by atoms with E-state index in [1.54, 1.807) is 41.5 Å². The van der Waals surface area contributed by atoms with Crippen LogP contribution in [0.3, 0.4) is 0 Å². The van der Waals surface area contributed by atoms with E-state index in [-0.39, 0.29) is 37.3 Å². The van der Waals surface area contributed by atoms with Crippen LogP contribution in [0.1, 0.15) is 94.9 Å². The third-order valence-corrected chi connectivity index (χ3v) is 12.2. The molecule has 0 amide bonds. The van der Waals surface area contributed by atoms with Crippen molar-refractivity contribution in [3.63, 3.8) is 0 Å². The van der Waals surface area contributed by atoms with Crippen LogP contribution in [0.4, 0.5) is 0 Å². The SMILES string of the molecule is CCC1OC(=O)C(C)[C@@H](O[C@H]2C[C@@](C)(OC)C(O)C(C)O2)C(C)[C@@H](O[C@@H]2OC(C)CC(N(C)C)C2O)[C@@](C)(O)CC(C)CN(C)C(C)C(O)[C@]1(C)O. The Morgan fingerprint density at radius 2 is 1.56 bits per heavy atom. The van der Waals surface area contributed by atoms with Crippen molar-refractivity contribution in [2.45, 2.75) is 185 Å². The Morgan fingerprint density at radius 3 is 2.12 bits per heavy atom. The summed E-state index contributed by atoms with van der Waals surface area (Å²) in [5.74, 6) is -2.58. The molecule has 3 aliphatic heterocycles. The molecule has 14 nitrogen and oxygen atoms in total. The zero-order valence-electron chi connectivity index (χ0n) is 34.2. The van der Waals surface area contributed by atoms with Gasteiger partial charge in [0.15, 0.2) is 12.6 Å². The van der Waals surface area contributed by atoms with Crippen molar-refractivity contribution >= 4 is 5.97 Å². The van der Waals surface area contributed by atoms with E-state index in [0.717, 1.165) is 0 Å². The van der Waals surface area contributed by atoms with Gasteiger partial charge in [0.05, 0.1) is 41.5 Å². The van der Waals surface area contributed by atoms with E-state index in [1.165, 1.54) is 14.0 Å².